The first kappa shape index (κ1) is 13.6. The summed E-state index contributed by atoms with van der Waals surface area (Å²) in [4.78, 5) is 11.5. The van der Waals surface area contributed by atoms with Crippen molar-refractivity contribution in [2.45, 2.75) is 31.6 Å². The molecule has 1 aromatic heterocycles. The molecule has 2 unspecified atom stereocenters. The van der Waals surface area contributed by atoms with E-state index in [1.54, 1.807) is 6.07 Å². The van der Waals surface area contributed by atoms with E-state index in [2.05, 4.69) is 16.1 Å². The van der Waals surface area contributed by atoms with Gasteiger partial charge in [-0.05, 0) is 31.0 Å². The fourth-order valence-electron chi connectivity index (χ4n) is 2.83. The molecule has 0 spiro atoms. The average Bonchev–Trinajstić information content (AvgIpc) is 3.14. The molecule has 21 heavy (non-hydrogen) atoms. The van der Waals surface area contributed by atoms with Crippen molar-refractivity contribution in [3.63, 3.8) is 0 Å². The summed E-state index contributed by atoms with van der Waals surface area (Å²) in [5, 5.41) is 10.1. The summed E-state index contributed by atoms with van der Waals surface area (Å²) >= 11 is 0. The van der Waals surface area contributed by atoms with Gasteiger partial charge in [-0.1, -0.05) is 6.07 Å². The number of benzene rings is 1. The highest BCUT2D eigenvalue weighted by Crippen LogP contribution is 2.25. The monoisotopic (exact) mass is 284 g/mol. The lowest BCUT2D eigenvalue weighted by Crippen LogP contribution is -2.39. The van der Waals surface area contributed by atoms with Crippen LogP contribution in [0.3, 0.4) is 0 Å². The van der Waals surface area contributed by atoms with Gasteiger partial charge in [0.05, 0.1) is 17.7 Å². The predicted octanol–water partition coefficient (Wildman–Crippen LogP) is 1.05. The van der Waals surface area contributed by atoms with Gasteiger partial charge in [-0.15, -0.1) is 0 Å². The Balaban J connectivity index is 1.78. The SMILES string of the molecule is N#Cc1cccc2c1ccn2CC1CCC(C(=O)NN)O1. The molecular formula is C15H16N4O2. The van der Waals surface area contributed by atoms with E-state index >= 15 is 0 Å². The number of hydrogen-bond donors (Lipinski definition) is 2. The fraction of sp³-hybridized carbons (Fsp3) is 0.333. The van der Waals surface area contributed by atoms with Crippen LogP contribution in [0, 0.1) is 11.3 Å². The van der Waals surface area contributed by atoms with Gasteiger partial charge >= 0.3 is 0 Å². The molecule has 0 radical (unpaired) electrons. The zero-order valence-electron chi connectivity index (χ0n) is 11.5. The number of fused-ring (bicyclic) bond motifs is 1. The molecular weight excluding hydrogens is 268 g/mol. The Morgan fingerprint density at radius 3 is 3.10 bits per heavy atom. The van der Waals surface area contributed by atoms with Crippen molar-refractivity contribution < 1.29 is 9.53 Å². The first-order chi connectivity index (χ1) is 10.2. The van der Waals surface area contributed by atoms with Gasteiger partial charge < -0.3 is 9.30 Å². The van der Waals surface area contributed by atoms with Crippen LogP contribution in [-0.2, 0) is 16.1 Å². The van der Waals surface area contributed by atoms with Gasteiger partial charge in [0.15, 0.2) is 0 Å². The summed E-state index contributed by atoms with van der Waals surface area (Å²) in [7, 11) is 0. The smallest absolute Gasteiger partial charge is 0.263 e. The normalized spacial score (nSPS) is 21.3. The van der Waals surface area contributed by atoms with Crippen LogP contribution in [-0.4, -0.2) is 22.7 Å². The number of amides is 1. The number of hydrogen-bond acceptors (Lipinski definition) is 4. The average molecular weight is 284 g/mol. The van der Waals surface area contributed by atoms with Gasteiger partial charge in [0.1, 0.15) is 6.10 Å². The number of nitriles is 1. The number of nitrogens with zero attached hydrogens (tertiary/aromatic N) is 2. The molecule has 2 atom stereocenters. The minimum Gasteiger partial charge on any atom is -0.363 e. The molecule has 1 saturated heterocycles. The van der Waals surface area contributed by atoms with E-state index in [1.807, 2.05) is 24.4 Å². The van der Waals surface area contributed by atoms with Gasteiger partial charge in [0.25, 0.3) is 5.91 Å². The van der Waals surface area contributed by atoms with E-state index < -0.39 is 6.10 Å². The summed E-state index contributed by atoms with van der Waals surface area (Å²) < 4.78 is 7.77. The van der Waals surface area contributed by atoms with Crippen LogP contribution in [0.1, 0.15) is 18.4 Å². The Bertz CT molecular complexity index is 716. The molecule has 0 aliphatic carbocycles. The van der Waals surface area contributed by atoms with Crippen LogP contribution in [0.2, 0.25) is 0 Å². The van der Waals surface area contributed by atoms with E-state index in [-0.39, 0.29) is 12.0 Å². The van der Waals surface area contributed by atoms with E-state index in [0.29, 0.717) is 18.5 Å². The summed E-state index contributed by atoms with van der Waals surface area (Å²) in [5.74, 6) is 4.85. The molecule has 2 heterocycles. The number of rotatable bonds is 3. The highest BCUT2D eigenvalue weighted by atomic mass is 16.5. The quantitative estimate of drug-likeness (QED) is 0.500. The standard InChI is InChI=1S/C15H16N4O2/c16-8-10-2-1-3-13-12(10)6-7-19(13)9-11-4-5-14(21-11)15(20)18-17/h1-3,6-7,11,14H,4-5,9,17H2,(H,18,20). The first-order valence-corrected chi connectivity index (χ1v) is 6.87. The highest BCUT2D eigenvalue weighted by molar-refractivity contribution is 5.86. The molecule has 2 aromatic rings. The second-order valence-electron chi connectivity index (χ2n) is 5.15. The Morgan fingerprint density at radius 1 is 1.48 bits per heavy atom. The van der Waals surface area contributed by atoms with Crippen LogP contribution in [0.15, 0.2) is 30.5 Å². The maximum Gasteiger partial charge on any atom is 0.263 e. The van der Waals surface area contributed by atoms with Gasteiger partial charge in [-0.2, -0.15) is 5.26 Å². The first-order valence-electron chi connectivity index (χ1n) is 6.87. The van der Waals surface area contributed by atoms with Crippen molar-refractivity contribution in [1.82, 2.24) is 9.99 Å². The van der Waals surface area contributed by atoms with Crippen LogP contribution >= 0.6 is 0 Å². The largest absolute Gasteiger partial charge is 0.363 e. The number of carbonyl (C=O) groups is 1. The molecule has 1 aliphatic rings. The lowest BCUT2D eigenvalue weighted by molar-refractivity contribution is -0.132. The second kappa shape index (κ2) is 5.56. The molecule has 1 aromatic carbocycles. The predicted molar refractivity (Wildman–Crippen MR) is 76.9 cm³/mol. The van der Waals surface area contributed by atoms with Crippen LogP contribution < -0.4 is 11.3 Å². The summed E-state index contributed by atoms with van der Waals surface area (Å²) in [5.41, 5.74) is 3.79. The van der Waals surface area contributed by atoms with E-state index in [9.17, 15) is 4.79 Å². The molecule has 1 amide bonds. The number of carbonyl (C=O) groups excluding carboxylic acids is 1. The molecule has 3 N–H and O–H groups in total. The Labute approximate surface area is 122 Å². The second-order valence-corrected chi connectivity index (χ2v) is 5.15. The fourth-order valence-corrected chi connectivity index (χ4v) is 2.83. The number of nitrogens with one attached hydrogen (secondary N) is 1. The number of aromatic nitrogens is 1. The van der Waals surface area contributed by atoms with E-state index in [4.69, 9.17) is 15.8 Å². The third kappa shape index (κ3) is 2.49. The maximum absolute atomic E-state index is 11.5. The van der Waals surface area contributed by atoms with Crippen molar-refractivity contribution >= 4 is 16.8 Å². The summed E-state index contributed by atoms with van der Waals surface area (Å²) in [6.07, 6.45) is 2.96. The molecule has 0 saturated carbocycles. The van der Waals surface area contributed by atoms with Crippen molar-refractivity contribution in [2.24, 2.45) is 5.84 Å². The lowest BCUT2D eigenvalue weighted by Gasteiger charge is -2.14. The Hall–Kier alpha value is -2.36. The van der Waals surface area contributed by atoms with Crippen molar-refractivity contribution in [2.75, 3.05) is 0 Å². The van der Waals surface area contributed by atoms with Crippen LogP contribution in [0.4, 0.5) is 0 Å². The molecule has 6 nitrogen and oxygen atoms in total. The minimum absolute atomic E-state index is 0.0198. The molecule has 108 valence electrons. The minimum atomic E-state index is -0.462. The zero-order chi connectivity index (χ0) is 14.8. The maximum atomic E-state index is 11.5. The van der Waals surface area contributed by atoms with Gasteiger partial charge in [-0.3, -0.25) is 10.2 Å². The Kier molecular flexibility index (Phi) is 3.60. The number of ether oxygens (including phenoxy) is 1. The van der Waals surface area contributed by atoms with Crippen LogP contribution in [0.5, 0.6) is 0 Å². The topological polar surface area (TPSA) is 93.1 Å². The van der Waals surface area contributed by atoms with Gasteiger partial charge in [-0.25, -0.2) is 5.84 Å². The molecule has 6 heteroatoms. The van der Waals surface area contributed by atoms with Crippen molar-refractivity contribution in [1.29, 1.82) is 5.26 Å². The van der Waals surface area contributed by atoms with Crippen LogP contribution in [0.25, 0.3) is 10.9 Å². The van der Waals surface area contributed by atoms with Gasteiger partial charge in [0.2, 0.25) is 0 Å². The molecule has 3 rings (SSSR count). The molecule has 1 aliphatic heterocycles. The third-order valence-electron chi connectivity index (χ3n) is 3.88. The van der Waals surface area contributed by atoms with E-state index in [1.165, 1.54) is 0 Å². The Morgan fingerprint density at radius 2 is 2.33 bits per heavy atom. The molecule has 1 fully saturated rings. The lowest BCUT2D eigenvalue weighted by atomic mass is 10.1. The van der Waals surface area contributed by atoms with Crippen molar-refractivity contribution in [3.8, 4) is 6.07 Å². The zero-order valence-corrected chi connectivity index (χ0v) is 11.5. The van der Waals surface area contributed by atoms with E-state index in [0.717, 1.165) is 17.3 Å². The summed E-state index contributed by atoms with van der Waals surface area (Å²) in [6, 6.07) is 9.79. The third-order valence-corrected chi connectivity index (χ3v) is 3.88. The van der Waals surface area contributed by atoms with Gasteiger partial charge in [0, 0.05) is 23.6 Å². The number of nitrogens with two attached hydrogens (primary N) is 1. The highest BCUT2D eigenvalue weighted by Gasteiger charge is 2.30. The van der Waals surface area contributed by atoms with Crippen molar-refractivity contribution in [3.05, 3.63) is 36.0 Å². The number of hydrazine groups is 1. The molecule has 0 bridgehead atoms. The summed E-state index contributed by atoms with van der Waals surface area (Å²) in [6.45, 7) is 0.659.